The zero-order valence-corrected chi connectivity index (χ0v) is 92.1. The van der Waals surface area contributed by atoms with Gasteiger partial charge >= 0.3 is 0 Å². The fourth-order valence-electron chi connectivity index (χ4n) is 30.2. The quantitative estimate of drug-likeness (QED) is 0.0606. The molecule has 14 saturated carbocycles. The summed E-state index contributed by atoms with van der Waals surface area (Å²) in [6.07, 6.45) is 69.2. The lowest BCUT2D eigenvalue weighted by Gasteiger charge is -2.45. The summed E-state index contributed by atoms with van der Waals surface area (Å²) in [4.78, 5) is 0. The van der Waals surface area contributed by atoms with Gasteiger partial charge in [-0.3, -0.25) is 0 Å². The third-order valence-corrected chi connectivity index (χ3v) is 38.8. The Morgan fingerprint density at radius 1 is 0.216 bits per heavy atom. The molecule has 26 unspecified atom stereocenters. The summed E-state index contributed by atoms with van der Waals surface area (Å²) in [5.41, 5.74) is 108. The van der Waals surface area contributed by atoms with Crippen molar-refractivity contribution in [2.45, 2.75) is 556 Å². The highest BCUT2D eigenvalue weighted by Crippen LogP contribution is 2.50. The summed E-state index contributed by atoms with van der Waals surface area (Å²) >= 11 is 0. The summed E-state index contributed by atoms with van der Waals surface area (Å²) < 4.78 is 0. The Labute approximate surface area is 832 Å². The van der Waals surface area contributed by atoms with Gasteiger partial charge in [0.1, 0.15) is 0 Å². The lowest BCUT2D eigenvalue weighted by atomic mass is 9.63. The maximum Gasteiger partial charge on any atom is 0.00956 e. The van der Waals surface area contributed by atoms with E-state index >= 15 is 0 Å². The first-order chi connectivity index (χ1) is 63.5. The van der Waals surface area contributed by atoms with Crippen molar-refractivity contribution in [2.24, 2.45) is 262 Å². The van der Waals surface area contributed by atoms with Crippen molar-refractivity contribution in [1.29, 1.82) is 0 Å². The van der Waals surface area contributed by atoms with E-state index in [2.05, 4.69) is 118 Å². The highest BCUT2D eigenvalue weighted by molar-refractivity contribution is 4.98. The molecule has 134 heavy (non-hydrogen) atoms. The topological polar surface area (TPSA) is 468 Å². The van der Waals surface area contributed by atoms with Crippen LogP contribution in [0.1, 0.15) is 465 Å². The maximum atomic E-state index is 6.53. The number of rotatable bonds is 18. The van der Waals surface area contributed by atoms with Gasteiger partial charge in [-0.05, 0) is 455 Å². The molecule has 18 heteroatoms. The largest absolute Gasteiger partial charge is 0.331 e. The first-order valence-electron chi connectivity index (χ1n) is 58.9. The molecular formula is C116H242N18. The van der Waals surface area contributed by atoms with E-state index in [0.29, 0.717) is 132 Å². The average molecular weight is 1890 g/mol. The molecule has 0 spiro atoms. The Balaban J connectivity index is 0.000000271. The van der Waals surface area contributed by atoms with E-state index in [1.165, 1.54) is 295 Å². The predicted octanol–water partition coefficient (Wildman–Crippen LogP) is 21.3. The molecule has 0 saturated heterocycles. The van der Waals surface area contributed by atoms with Crippen molar-refractivity contribution in [3.8, 4) is 0 Å². The Morgan fingerprint density at radius 3 is 0.731 bits per heavy atom. The first kappa shape index (κ1) is 124. The molecule has 0 heterocycles. The maximum absolute atomic E-state index is 6.53. The molecule has 36 N–H and O–H groups in total. The minimum absolute atomic E-state index is 0.279. The minimum atomic E-state index is 0.279. The van der Waals surface area contributed by atoms with Gasteiger partial charge in [-0.15, -0.1) is 0 Å². The van der Waals surface area contributed by atoms with E-state index in [9.17, 15) is 0 Å². The summed E-state index contributed by atoms with van der Waals surface area (Å²) in [6.45, 7) is 43.9. The number of hydrogen-bond donors (Lipinski definition) is 18. The highest BCUT2D eigenvalue weighted by atomic mass is 14.8. The molecule has 796 valence electrons. The molecule has 14 aliphatic carbocycles. The van der Waals surface area contributed by atoms with Gasteiger partial charge in [-0.2, -0.15) is 0 Å². The molecule has 0 aromatic rings. The van der Waals surface area contributed by atoms with Crippen LogP contribution in [-0.2, 0) is 0 Å². The van der Waals surface area contributed by atoms with Crippen molar-refractivity contribution in [3.63, 3.8) is 0 Å². The minimum Gasteiger partial charge on any atom is -0.331 e. The summed E-state index contributed by atoms with van der Waals surface area (Å²) in [7, 11) is 0. The van der Waals surface area contributed by atoms with E-state index < -0.39 is 0 Å². The van der Waals surface area contributed by atoms with Crippen LogP contribution >= 0.6 is 0 Å². The van der Waals surface area contributed by atoms with Crippen molar-refractivity contribution < 1.29 is 0 Å². The normalized spacial score (nSPS) is 43.6. The number of nitrogens with two attached hydrogens (primary N) is 18. The van der Waals surface area contributed by atoms with Crippen LogP contribution in [0.25, 0.3) is 0 Å². The van der Waals surface area contributed by atoms with Crippen LogP contribution in [-0.4, -0.2) is 110 Å². The highest BCUT2D eigenvalue weighted by Gasteiger charge is 2.44. The Bertz CT molecular complexity index is 2680. The van der Waals surface area contributed by atoms with Crippen LogP contribution in [0.5, 0.6) is 0 Å². The van der Waals surface area contributed by atoms with E-state index in [-0.39, 0.29) is 5.41 Å². The monoisotopic (exact) mass is 1890 g/mol. The van der Waals surface area contributed by atoms with Gasteiger partial charge in [0.25, 0.3) is 0 Å². The van der Waals surface area contributed by atoms with Crippen LogP contribution < -0.4 is 103 Å². The Kier molecular flexibility index (Phi) is 60.0. The van der Waals surface area contributed by atoms with Crippen LogP contribution in [0, 0.1) is 159 Å². The van der Waals surface area contributed by atoms with Gasteiger partial charge < -0.3 is 103 Å². The lowest BCUT2D eigenvalue weighted by molar-refractivity contribution is 0.0903. The molecule has 0 aromatic heterocycles. The fourth-order valence-corrected chi connectivity index (χ4v) is 30.2. The van der Waals surface area contributed by atoms with Gasteiger partial charge in [0.2, 0.25) is 0 Å². The van der Waals surface area contributed by atoms with Gasteiger partial charge in [-0.25, -0.2) is 0 Å². The summed E-state index contributed by atoms with van der Waals surface area (Å²) in [5.74, 6) is 20.4. The SMILES string of the molecule is CC1(C)CC(N)CC(C)(CN)C1.CC1CC(CC2CC(C)C(N)C(C)C2)CC(C)C1N.CC1CC(CC2CCC(N)C(C)C2)CCC1N.CCC1CC(CC2CC(C)C(N)C(CC)C2)CC(C)C1N.CCC1CC(CC2CC(CC)C(N)C(CC)C2)CC(CC)C1N.CCN.NC1CCC(CC2CCC(N)CC2)CC1.NC1CCC(N)CC1.NC1CCCC(N)C1.NCC1CCCCC1. The Hall–Kier alpha value is -0.720. The Morgan fingerprint density at radius 2 is 0.470 bits per heavy atom. The van der Waals surface area contributed by atoms with Gasteiger partial charge in [0.05, 0.1) is 0 Å². The fraction of sp³-hybridized carbons (Fsp3) is 1.00. The third-order valence-electron chi connectivity index (χ3n) is 38.8. The number of hydrogen-bond acceptors (Lipinski definition) is 18. The zero-order chi connectivity index (χ0) is 99.7. The molecule has 14 aliphatic rings. The summed E-state index contributed by atoms with van der Waals surface area (Å²) in [6, 6.07) is 6.56. The van der Waals surface area contributed by atoms with Gasteiger partial charge in [-0.1, -0.05) is 189 Å². The van der Waals surface area contributed by atoms with Gasteiger partial charge in [0, 0.05) is 90.6 Å². The molecule has 0 amide bonds. The van der Waals surface area contributed by atoms with Crippen LogP contribution in [0.15, 0.2) is 0 Å². The molecule has 14 rings (SSSR count). The van der Waals surface area contributed by atoms with Crippen LogP contribution in [0.4, 0.5) is 0 Å². The van der Waals surface area contributed by atoms with E-state index in [1.807, 2.05) is 6.92 Å². The third kappa shape index (κ3) is 45.1. The van der Waals surface area contributed by atoms with Crippen LogP contribution in [0.3, 0.4) is 0 Å². The second kappa shape index (κ2) is 65.0. The summed E-state index contributed by atoms with van der Waals surface area (Å²) in [5, 5.41) is 0. The second-order valence-corrected chi connectivity index (χ2v) is 51.8. The van der Waals surface area contributed by atoms with Crippen LogP contribution in [0.2, 0.25) is 0 Å². The van der Waals surface area contributed by atoms with Crippen molar-refractivity contribution in [1.82, 2.24) is 0 Å². The smallest absolute Gasteiger partial charge is 0.00956 e. The standard InChI is InChI=1S/C21H42N2.C19H38N2.C17H34N2.C15H30N2.C13H26N2.C10H22N2.C7H15N.2C6H14N2.C2H7N/c1-5-16-10-14(11-17(6-2)20(16)22)9-15-12-18(7-3)21(23)19(8-4)13-15;1-5-16-10-14(7-12(3)18(16)20)9-15-8-13(4)19(21)17(6-2)11-15;1-10-5-14(6-11(2)16(10)18)9-15-7-12(3)17(19)13(4)8-15;1-10-7-12(3-5-14(10)16)9-13-4-6-15(17)11(2)8-13;14-12-5-1-10(2-6-12)9-11-3-7-13(15)8-4-11;1-9(2)4-8(12)5-10(3,6-9)7-11;8-6-7-4-2-1-3-5-7;7-5-1-2-6(8)4-3-5;7-5-2-1-3-6(8)4-5;1-2-3/h14-21H,5-13,22-23H2,1-4H3;12-19H,5-11,20-21H2,1-4H3;10-17H,5-9,18-19H2,1-4H3;10-15H,3-9,16-17H2,1-2H3;10-13H,1-9,14-15H2;8H,4-7,11-12H2,1-3H3;7H,1-6,8H2;2*5-6H,1-4,7-8H2;2-3H2,1H3. The second-order valence-electron chi connectivity index (χ2n) is 51.8. The van der Waals surface area contributed by atoms with Crippen molar-refractivity contribution in [2.75, 3.05) is 19.6 Å². The van der Waals surface area contributed by atoms with E-state index in [1.54, 1.807) is 0 Å². The molecule has 0 radical (unpaired) electrons. The first-order valence-corrected chi connectivity index (χ1v) is 58.9. The van der Waals surface area contributed by atoms with Gasteiger partial charge in [0.15, 0.2) is 0 Å². The van der Waals surface area contributed by atoms with Crippen molar-refractivity contribution in [3.05, 3.63) is 0 Å². The van der Waals surface area contributed by atoms with E-state index in [0.717, 1.165) is 177 Å². The van der Waals surface area contributed by atoms with E-state index in [4.69, 9.17) is 103 Å². The molecule has 0 bridgehead atoms. The molecule has 0 aromatic carbocycles. The molecule has 26 atom stereocenters. The predicted molar refractivity (Wildman–Crippen MR) is 586 cm³/mol. The van der Waals surface area contributed by atoms with Crippen molar-refractivity contribution >= 4 is 0 Å². The average Bonchev–Trinajstić information content (AvgIpc) is 0.788. The lowest BCUT2D eigenvalue weighted by Crippen LogP contribution is -2.45. The molecule has 14 fully saturated rings. The molecule has 18 nitrogen and oxygen atoms in total. The molecular weight excluding hydrogens is 1650 g/mol. The molecule has 0 aliphatic heterocycles. The zero-order valence-electron chi connectivity index (χ0n) is 92.1.